The van der Waals surface area contributed by atoms with Gasteiger partial charge in [-0.1, -0.05) is 23.2 Å². The van der Waals surface area contributed by atoms with Gasteiger partial charge in [0.1, 0.15) is 19.5 Å². The van der Waals surface area contributed by atoms with Gasteiger partial charge in [0.05, 0.1) is 5.56 Å². The number of fused-ring (bicyclic) bond motifs is 1. The molecule has 2 atom stereocenters. The number of hydrogen-bond acceptors (Lipinski definition) is 6. The van der Waals surface area contributed by atoms with E-state index in [4.69, 9.17) is 25.8 Å². The lowest BCUT2D eigenvalue weighted by molar-refractivity contribution is -0.738. The Morgan fingerprint density at radius 3 is 2.79 bits per heavy atom. The number of rotatable bonds is 5. The summed E-state index contributed by atoms with van der Waals surface area (Å²) in [6.45, 7) is 6.94. The Bertz CT molecular complexity index is 1040. The minimum absolute atomic E-state index is 0.00221. The lowest BCUT2D eigenvalue weighted by atomic mass is 10.2. The molecule has 0 unspecified atom stereocenters. The third-order valence-electron chi connectivity index (χ3n) is 4.60. The number of benzene rings is 1. The van der Waals surface area contributed by atoms with Crippen LogP contribution in [0.2, 0.25) is 24.8 Å². The molecule has 1 aliphatic rings. The molecule has 0 spiro atoms. The van der Waals surface area contributed by atoms with Crippen LogP contribution in [0.1, 0.15) is 16.6 Å². The van der Waals surface area contributed by atoms with Crippen LogP contribution in [0.25, 0.3) is 11.2 Å². The van der Waals surface area contributed by atoms with Gasteiger partial charge in [0.25, 0.3) is 0 Å². The van der Waals surface area contributed by atoms with Crippen molar-refractivity contribution in [2.24, 2.45) is 0 Å². The van der Waals surface area contributed by atoms with Gasteiger partial charge in [-0.2, -0.15) is 0 Å². The third-order valence-corrected chi connectivity index (χ3v) is 6.65. The van der Waals surface area contributed by atoms with Gasteiger partial charge < -0.3 is 14.2 Å². The summed E-state index contributed by atoms with van der Waals surface area (Å²) < 4.78 is 21.0. The second kappa shape index (κ2) is 7.83. The molecule has 0 saturated carbocycles. The number of ether oxygens (including phenoxy) is 3. The molecule has 0 N–H and O–H groups in total. The van der Waals surface area contributed by atoms with Crippen LogP contribution in [-0.2, 0) is 14.2 Å². The van der Waals surface area contributed by atoms with Crippen molar-refractivity contribution in [2.45, 2.75) is 32.2 Å². The van der Waals surface area contributed by atoms with Crippen LogP contribution in [0.5, 0.6) is 0 Å². The first kappa shape index (κ1) is 20.0. The van der Waals surface area contributed by atoms with Crippen molar-refractivity contribution < 1.29 is 23.6 Å². The van der Waals surface area contributed by atoms with Gasteiger partial charge in [-0.15, -0.1) is 0 Å². The van der Waals surface area contributed by atoms with Gasteiger partial charge in [-0.25, -0.2) is 14.3 Å². The molecule has 1 fully saturated rings. The molecule has 0 radical (unpaired) electrons. The summed E-state index contributed by atoms with van der Waals surface area (Å²) in [5.74, 6) is -0.415. The number of hydrogen-bond donors (Lipinski definition) is 0. The average molecular weight is 434 g/mol. The summed E-state index contributed by atoms with van der Waals surface area (Å²) in [6, 6.07) is 8.81. The number of carbonyl (C=O) groups excluding carboxylic acids is 1. The van der Waals surface area contributed by atoms with Crippen LogP contribution in [0, 0.1) is 0 Å². The first-order chi connectivity index (χ1) is 13.8. The highest BCUT2D eigenvalue weighted by atomic mass is 35.5. The van der Waals surface area contributed by atoms with Crippen LogP contribution in [-0.4, -0.2) is 47.9 Å². The Morgan fingerprint density at radius 1 is 1.31 bits per heavy atom. The number of aromatic nitrogens is 4. The fourth-order valence-electron chi connectivity index (χ4n) is 3.14. The highest BCUT2D eigenvalue weighted by Crippen LogP contribution is 2.24. The summed E-state index contributed by atoms with van der Waals surface area (Å²) in [5.41, 5.74) is 1.96. The Balaban J connectivity index is 1.51. The predicted molar refractivity (Wildman–Crippen MR) is 108 cm³/mol. The van der Waals surface area contributed by atoms with Crippen LogP contribution < -0.4 is 4.57 Å². The summed E-state index contributed by atoms with van der Waals surface area (Å²) >= 11 is 6.26. The molecule has 29 heavy (non-hydrogen) atoms. The number of imidazole rings is 1. The molecule has 0 aliphatic carbocycles. The summed E-state index contributed by atoms with van der Waals surface area (Å²) in [4.78, 5) is 20.8. The largest absolute Gasteiger partial charge is 0.457 e. The van der Waals surface area contributed by atoms with E-state index in [0.29, 0.717) is 22.8 Å². The molecule has 3 heterocycles. The monoisotopic (exact) mass is 433 g/mol. The first-order valence-corrected chi connectivity index (χ1v) is 13.1. The Kier molecular flexibility index (Phi) is 5.39. The first-order valence-electron chi connectivity index (χ1n) is 9.27. The highest BCUT2D eigenvalue weighted by molar-refractivity contribution is 6.75. The third kappa shape index (κ3) is 4.04. The number of esters is 1. The van der Waals surface area contributed by atoms with Gasteiger partial charge in [0.15, 0.2) is 11.8 Å². The molecule has 10 heteroatoms. The quantitative estimate of drug-likeness (QED) is 0.266. The van der Waals surface area contributed by atoms with Gasteiger partial charge >= 0.3 is 5.97 Å². The Morgan fingerprint density at radius 2 is 2.07 bits per heavy atom. The molecule has 152 valence electrons. The lowest BCUT2D eigenvalue weighted by Crippen LogP contribution is -2.46. The van der Waals surface area contributed by atoms with E-state index in [1.807, 2.05) is 10.6 Å². The molecule has 0 bridgehead atoms. The van der Waals surface area contributed by atoms with E-state index >= 15 is 0 Å². The maximum absolute atomic E-state index is 12.1. The van der Waals surface area contributed by atoms with E-state index in [-0.39, 0.29) is 6.61 Å². The molecule has 3 aromatic rings. The molecular weight excluding hydrogens is 412 g/mol. The highest BCUT2D eigenvalue weighted by Gasteiger charge is 2.35. The molecule has 2 aromatic heterocycles. The molecule has 1 aliphatic heterocycles. The summed E-state index contributed by atoms with van der Waals surface area (Å²) in [7, 11) is -1.75. The fraction of sp³-hybridized carbons (Fsp3) is 0.368. The van der Waals surface area contributed by atoms with Crippen molar-refractivity contribution >= 4 is 37.0 Å². The molecule has 0 amide bonds. The van der Waals surface area contributed by atoms with Gasteiger partial charge in [0.2, 0.25) is 31.6 Å². The van der Waals surface area contributed by atoms with Crippen LogP contribution in [0.15, 0.2) is 43.0 Å². The summed E-state index contributed by atoms with van der Waals surface area (Å²) in [6.07, 6.45) is 2.36. The van der Waals surface area contributed by atoms with Crippen molar-refractivity contribution in [3.8, 4) is 0 Å². The van der Waals surface area contributed by atoms with E-state index < -0.39 is 26.7 Å². The zero-order valence-electron chi connectivity index (χ0n) is 16.4. The molecule has 1 aromatic carbocycles. The molecule has 8 nitrogen and oxygen atoms in total. The van der Waals surface area contributed by atoms with Gasteiger partial charge in [-0.3, -0.25) is 4.23 Å². The predicted octanol–water partition coefficient (Wildman–Crippen LogP) is 2.78. The number of halogens is 1. The number of carbonyl (C=O) groups is 1. The molecular formula is C19H22ClN4O4Si+. The van der Waals surface area contributed by atoms with Crippen LogP contribution in [0.4, 0.5) is 0 Å². The minimum atomic E-state index is -1.75. The topological polar surface area (TPSA) is 79.4 Å². The van der Waals surface area contributed by atoms with Crippen molar-refractivity contribution in [3.05, 3.63) is 53.7 Å². The number of nitrogens with zero attached hydrogens (tertiary/aromatic N) is 4. The average Bonchev–Trinajstić information content (AvgIpc) is 3.35. The Hall–Kier alpha value is -2.33. The fourth-order valence-corrected chi connectivity index (χ4v) is 4.58. The van der Waals surface area contributed by atoms with Crippen LogP contribution >= 0.6 is 11.6 Å². The standard InChI is InChI=1S/C19H22ClN4O4Si/c1-29(2,3)24-12-21-16-17(20)22-11-23(18(16)24)14-9-26-15(28-14)10-27-19(25)13-7-5-4-6-8-13/h4-8,11-12,14-15H,9-10H2,1-3H3/q+1/t14-,15+/m1/s1. The van der Waals surface area contributed by atoms with E-state index in [0.717, 1.165) is 5.65 Å². The summed E-state index contributed by atoms with van der Waals surface area (Å²) in [5, 5.41) is 0.348. The zero-order chi connectivity index (χ0) is 20.6. The van der Waals surface area contributed by atoms with E-state index in [1.165, 1.54) is 0 Å². The van der Waals surface area contributed by atoms with Crippen LogP contribution in [0.3, 0.4) is 0 Å². The SMILES string of the molecule is C[Si](C)(C)n1cnc2c(Cl)nc[n+]([C@H]3CO[C@H](COC(=O)c4ccccc4)O3)c21. The normalized spacial score (nSPS) is 19.6. The van der Waals surface area contributed by atoms with Crippen molar-refractivity contribution in [3.63, 3.8) is 0 Å². The molecule has 1 saturated heterocycles. The van der Waals surface area contributed by atoms with E-state index in [1.54, 1.807) is 36.9 Å². The molecule has 4 rings (SSSR count). The second-order valence-electron chi connectivity index (χ2n) is 7.72. The van der Waals surface area contributed by atoms with Crippen molar-refractivity contribution in [2.75, 3.05) is 13.2 Å². The lowest BCUT2D eigenvalue weighted by Gasteiger charge is -2.17. The maximum Gasteiger partial charge on any atom is 0.338 e. The van der Waals surface area contributed by atoms with Crippen molar-refractivity contribution in [1.82, 2.24) is 14.2 Å². The Labute approximate surface area is 174 Å². The minimum Gasteiger partial charge on any atom is -0.457 e. The van der Waals surface area contributed by atoms with E-state index in [9.17, 15) is 4.79 Å². The van der Waals surface area contributed by atoms with Gasteiger partial charge in [0, 0.05) is 0 Å². The second-order valence-corrected chi connectivity index (χ2v) is 12.9. The van der Waals surface area contributed by atoms with Gasteiger partial charge in [-0.05, 0) is 43.4 Å². The van der Waals surface area contributed by atoms with E-state index in [2.05, 4.69) is 33.8 Å². The smallest absolute Gasteiger partial charge is 0.338 e. The maximum atomic E-state index is 12.1. The zero-order valence-corrected chi connectivity index (χ0v) is 18.2. The van der Waals surface area contributed by atoms with Crippen molar-refractivity contribution in [1.29, 1.82) is 0 Å².